The van der Waals surface area contributed by atoms with Crippen LogP contribution < -0.4 is 10.6 Å². The molecule has 1 aliphatic rings. The van der Waals surface area contributed by atoms with Crippen LogP contribution in [0.5, 0.6) is 0 Å². The van der Waals surface area contributed by atoms with E-state index in [2.05, 4.69) is 10.6 Å². The Morgan fingerprint density at radius 3 is 2.79 bits per heavy atom. The Hall–Kier alpha value is -1.10. The molecule has 1 heterocycles. The van der Waals surface area contributed by atoms with Gasteiger partial charge in [-0.25, -0.2) is 0 Å². The molecule has 1 unspecified atom stereocenters. The monoisotopic (exact) mass is 200 g/mol. The van der Waals surface area contributed by atoms with Crippen molar-refractivity contribution in [2.45, 2.75) is 25.9 Å². The fourth-order valence-electron chi connectivity index (χ4n) is 1.24. The third-order valence-corrected chi connectivity index (χ3v) is 2.04. The van der Waals surface area contributed by atoms with Crippen molar-refractivity contribution in [3.8, 4) is 0 Å². The highest BCUT2D eigenvalue weighted by Crippen LogP contribution is 2.09. The summed E-state index contributed by atoms with van der Waals surface area (Å²) < 4.78 is 0. The van der Waals surface area contributed by atoms with Crippen molar-refractivity contribution < 1.29 is 14.7 Å². The van der Waals surface area contributed by atoms with Crippen LogP contribution in [-0.4, -0.2) is 35.6 Å². The summed E-state index contributed by atoms with van der Waals surface area (Å²) in [6.45, 7) is 3.84. The van der Waals surface area contributed by atoms with Gasteiger partial charge < -0.3 is 15.7 Å². The van der Waals surface area contributed by atoms with Crippen LogP contribution in [0, 0.1) is 5.92 Å². The van der Waals surface area contributed by atoms with Crippen molar-refractivity contribution in [1.82, 2.24) is 10.6 Å². The highest BCUT2D eigenvalue weighted by atomic mass is 16.3. The lowest BCUT2D eigenvalue weighted by atomic mass is 10.1. The van der Waals surface area contributed by atoms with Gasteiger partial charge in [0.2, 0.25) is 11.8 Å². The van der Waals surface area contributed by atoms with Crippen LogP contribution in [0.4, 0.5) is 0 Å². The van der Waals surface area contributed by atoms with Crippen LogP contribution in [-0.2, 0) is 9.59 Å². The maximum Gasteiger partial charge on any atom is 0.225 e. The molecule has 3 N–H and O–H groups in total. The molecule has 0 aromatic rings. The highest BCUT2D eigenvalue weighted by molar-refractivity contribution is 5.89. The Labute approximate surface area is 82.9 Å². The minimum atomic E-state index is -0.911. The van der Waals surface area contributed by atoms with E-state index in [1.165, 1.54) is 0 Å². The Morgan fingerprint density at radius 1 is 1.71 bits per heavy atom. The molecule has 0 aromatic heterocycles. The molecule has 1 atom stereocenters. The second-order valence-corrected chi connectivity index (χ2v) is 4.24. The summed E-state index contributed by atoms with van der Waals surface area (Å²) in [6, 6.07) is 0. The van der Waals surface area contributed by atoms with Gasteiger partial charge in [-0.2, -0.15) is 0 Å². The summed E-state index contributed by atoms with van der Waals surface area (Å²) in [5.41, 5.74) is -0.911. The highest BCUT2D eigenvalue weighted by Gasteiger charge is 2.28. The topological polar surface area (TPSA) is 78.4 Å². The maximum atomic E-state index is 11.4. The minimum Gasteiger partial charge on any atom is -0.389 e. The van der Waals surface area contributed by atoms with E-state index in [9.17, 15) is 14.7 Å². The molecular formula is C9H16N2O3. The molecule has 1 rings (SSSR count). The average Bonchev–Trinajstić information content (AvgIpc) is 2.46. The quantitative estimate of drug-likeness (QED) is 0.547. The SMILES string of the molecule is CC(C)(O)CNC(=O)C1CNC(=O)C1. The van der Waals surface area contributed by atoms with Crippen LogP contribution in [0.25, 0.3) is 0 Å². The van der Waals surface area contributed by atoms with E-state index in [4.69, 9.17) is 0 Å². The van der Waals surface area contributed by atoms with Gasteiger partial charge >= 0.3 is 0 Å². The predicted octanol–water partition coefficient (Wildman–Crippen LogP) is -0.990. The summed E-state index contributed by atoms with van der Waals surface area (Å²) >= 11 is 0. The minimum absolute atomic E-state index is 0.0894. The summed E-state index contributed by atoms with van der Waals surface area (Å²) in [6.07, 6.45) is 0.248. The van der Waals surface area contributed by atoms with Crippen molar-refractivity contribution in [3.63, 3.8) is 0 Å². The molecule has 5 nitrogen and oxygen atoms in total. The lowest BCUT2D eigenvalue weighted by Gasteiger charge is -2.18. The van der Waals surface area contributed by atoms with Gasteiger partial charge in [-0.3, -0.25) is 9.59 Å². The second kappa shape index (κ2) is 3.96. The number of carbonyl (C=O) groups is 2. The zero-order valence-electron chi connectivity index (χ0n) is 8.46. The van der Waals surface area contributed by atoms with Crippen molar-refractivity contribution in [1.29, 1.82) is 0 Å². The molecule has 0 radical (unpaired) electrons. The van der Waals surface area contributed by atoms with Gasteiger partial charge in [0.25, 0.3) is 0 Å². The molecular weight excluding hydrogens is 184 g/mol. The van der Waals surface area contributed by atoms with E-state index in [1.807, 2.05) is 0 Å². The van der Waals surface area contributed by atoms with E-state index < -0.39 is 5.60 Å². The van der Waals surface area contributed by atoms with Gasteiger partial charge in [-0.05, 0) is 13.8 Å². The Kier molecular flexibility index (Phi) is 3.10. The van der Waals surface area contributed by atoms with E-state index in [1.54, 1.807) is 13.8 Å². The zero-order chi connectivity index (χ0) is 10.8. The molecule has 5 heteroatoms. The van der Waals surface area contributed by atoms with Crippen LogP contribution in [0.3, 0.4) is 0 Å². The molecule has 1 saturated heterocycles. The fourth-order valence-corrected chi connectivity index (χ4v) is 1.24. The molecule has 0 saturated carbocycles. The summed E-state index contributed by atoms with van der Waals surface area (Å²) in [4.78, 5) is 22.2. The third-order valence-electron chi connectivity index (χ3n) is 2.04. The first kappa shape index (κ1) is 11.0. The Balaban J connectivity index is 2.32. The molecule has 0 aliphatic carbocycles. The van der Waals surface area contributed by atoms with Gasteiger partial charge in [-0.1, -0.05) is 0 Å². The van der Waals surface area contributed by atoms with Gasteiger partial charge in [0, 0.05) is 19.5 Å². The van der Waals surface area contributed by atoms with Crippen molar-refractivity contribution in [2.24, 2.45) is 5.92 Å². The van der Waals surface area contributed by atoms with E-state index in [-0.39, 0.29) is 30.7 Å². The smallest absolute Gasteiger partial charge is 0.225 e. The molecule has 80 valence electrons. The normalized spacial score (nSPS) is 21.9. The number of aliphatic hydroxyl groups is 1. The molecule has 0 bridgehead atoms. The lowest BCUT2D eigenvalue weighted by Crippen LogP contribution is -2.41. The van der Waals surface area contributed by atoms with Crippen LogP contribution in [0.15, 0.2) is 0 Å². The molecule has 1 aliphatic heterocycles. The van der Waals surface area contributed by atoms with Crippen LogP contribution in [0.1, 0.15) is 20.3 Å². The van der Waals surface area contributed by atoms with E-state index >= 15 is 0 Å². The van der Waals surface area contributed by atoms with Gasteiger partial charge in [0.1, 0.15) is 0 Å². The molecule has 1 fully saturated rings. The van der Waals surface area contributed by atoms with Crippen molar-refractivity contribution in [2.75, 3.05) is 13.1 Å². The molecule has 0 spiro atoms. The largest absolute Gasteiger partial charge is 0.389 e. The third kappa shape index (κ3) is 3.33. The summed E-state index contributed by atoms with van der Waals surface area (Å²) in [5, 5.41) is 14.6. The molecule has 0 aromatic carbocycles. The first-order valence-electron chi connectivity index (χ1n) is 4.65. The Morgan fingerprint density at radius 2 is 2.36 bits per heavy atom. The molecule has 2 amide bonds. The summed E-state index contributed by atoms with van der Waals surface area (Å²) in [7, 11) is 0. The standard InChI is InChI=1S/C9H16N2O3/c1-9(2,14)5-11-8(13)6-3-7(12)10-4-6/h6,14H,3-5H2,1-2H3,(H,10,12)(H,11,13). The lowest BCUT2D eigenvalue weighted by molar-refractivity contribution is -0.127. The first-order chi connectivity index (χ1) is 6.38. The second-order valence-electron chi connectivity index (χ2n) is 4.24. The summed E-state index contributed by atoms with van der Waals surface area (Å²) in [5.74, 6) is -0.552. The van der Waals surface area contributed by atoms with Crippen molar-refractivity contribution >= 4 is 11.8 Å². The number of nitrogens with one attached hydrogen (secondary N) is 2. The molecule has 14 heavy (non-hydrogen) atoms. The van der Waals surface area contributed by atoms with Crippen LogP contribution in [0.2, 0.25) is 0 Å². The van der Waals surface area contributed by atoms with E-state index in [0.717, 1.165) is 0 Å². The van der Waals surface area contributed by atoms with E-state index in [0.29, 0.717) is 6.54 Å². The maximum absolute atomic E-state index is 11.4. The van der Waals surface area contributed by atoms with Crippen molar-refractivity contribution in [3.05, 3.63) is 0 Å². The van der Waals surface area contributed by atoms with Gasteiger partial charge in [0.15, 0.2) is 0 Å². The zero-order valence-corrected chi connectivity index (χ0v) is 8.46. The number of amides is 2. The first-order valence-corrected chi connectivity index (χ1v) is 4.65. The fraction of sp³-hybridized carbons (Fsp3) is 0.778. The van der Waals surface area contributed by atoms with Gasteiger partial charge in [0.05, 0.1) is 11.5 Å². The van der Waals surface area contributed by atoms with Crippen LogP contribution >= 0.6 is 0 Å². The number of rotatable bonds is 3. The number of carbonyl (C=O) groups excluding carboxylic acids is 2. The number of hydrogen-bond donors (Lipinski definition) is 3. The predicted molar refractivity (Wildman–Crippen MR) is 50.4 cm³/mol. The van der Waals surface area contributed by atoms with Gasteiger partial charge in [-0.15, -0.1) is 0 Å². The number of hydrogen-bond acceptors (Lipinski definition) is 3. The Bertz CT molecular complexity index is 245. The average molecular weight is 200 g/mol.